The summed E-state index contributed by atoms with van der Waals surface area (Å²) < 4.78 is 19.3. The summed E-state index contributed by atoms with van der Waals surface area (Å²) >= 11 is 5.70. The molecule has 1 N–H and O–H groups in total. The van der Waals surface area contributed by atoms with Gasteiger partial charge in [0.2, 0.25) is 0 Å². The largest absolute Gasteiger partial charge is 0.491 e. The zero-order chi connectivity index (χ0) is 14.7. The van der Waals surface area contributed by atoms with Crippen molar-refractivity contribution in [3.05, 3.63) is 64.4 Å². The average Bonchev–Trinajstić information content (AvgIpc) is 2.38. The first-order valence-corrected chi connectivity index (χ1v) is 6.75. The standard InChI is InChI=1S/C16H16ClFO2/c1-10(2)20-13-6-3-11(4-7-13)16(19)14-8-5-12(17)9-15(14)18/h3-10,16,19H,1-2H3. The third-order valence-electron chi connectivity index (χ3n) is 2.82. The van der Waals surface area contributed by atoms with E-state index in [0.717, 1.165) is 0 Å². The predicted molar refractivity (Wildman–Crippen MR) is 77.7 cm³/mol. The van der Waals surface area contributed by atoms with E-state index in [1.54, 1.807) is 30.3 Å². The van der Waals surface area contributed by atoms with E-state index >= 15 is 0 Å². The van der Waals surface area contributed by atoms with Crippen LogP contribution in [0.5, 0.6) is 5.75 Å². The lowest BCUT2D eigenvalue weighted by molar-refractivity contribution is 0.214. The van der Waals surface area contributed by atoms with Crippen molar-refractivity contribution in [3.63, 3.8) is 0 Å². The smallest absolute Gasteiger partial charge is 0.130 e. The van der Waals surface area contributed by atoms with Gasteiger partial charge in [-0.15, -0.1) is 0 Å². The lowest BCUT2D eigenvalue weighted by Crippen LogP contribution is -2.06. The Kier molecular flexibility index (Phi) is 4.63. The predicted octanol–water partition coefficient (Wildman–Crippen LogP) is 4.35. The first-order chi connectivity index (χ1) is 9.47. The Morgan fingerprint density at radius 3 is 2.30 bits per heavy atom. The van der Waals surface area contributed by atoms with E-state index in [1.807, 2.05) is 13.8 Å². The Hall–Kier alpha value is -1.58. The summed E-state index contributed by atoms with van der Waals surface area (Å²) in [6.07, 6.45) is -0.945. The molecular formula is C16H16ClFO2. The van der Waals surface area contributed by atoms with E-state index < -0.39 is 11.9 Å². The van der Waals surface area contributed by atoms with Gasteiger partial charge in [0.25, 0.3) is 0 Å². The molecule has 2 nitrogen and oxygen atoms in total. The minimum Gasteiger partial charge on any atom is -0.491 e. The summed E-state index contributed by atoms with van der Waals surface area (Å²) in [5.41, 5.74) is 0.800. The molecule has 0 amide bonds. The quantitative estimate of drug-likeness (QED) is 0.908. The molecule has 0 saturated heterocycles. The third-order valence-corrected chi connectivity index (χ3v) is 3.06. The van der Waals surface area contributed by atoms with Crippen molar-refractivity contribution in [3.8, 4) is 5.75 Å². The molecule has 2 aromatic rings. The second-order valence-corrected chi connectivity index (χ2v) is 5.24. The van der Waals surface area contributed by atoms with Crippen LogP contribution in [0.3, 0.4) is 0 Å². The number of rotatable bonds is 4. The molecule has 1 atom stereocenters. The van der Waals surface area contributed by atoms with Crippen LogP contribution in [-0.4, -0.2) is 11.2 Å². The highest BCUT2D eigenvalue weighted by molar-refractivity contribution is 6.30. The SMILES string of the molecule is CC(C)Oc1ccc(C(O)c2ccc(Cl)cc2F)cc1. The Morgan fingerprint density at radius 1 is 1.10 bits per heavy atom. The molecule has 20 heavy (non-hydrogen) atoms. The Labute approximate surface area is 122 Å². The van der Waals surface area contributed by atoms with Crippen molar-refractivity contribution in [2.45, 2.75) is 26.1 Å². The van der Waals surface area contributed by atoms with Crippen LogP contribution in [0.25, 0.3) is 0 Å². The number of benzene rings is 2. The molecule has 0 heterocycles. The Balaban J connectivity index is 2.22. The van der Waals surface area contributed by atoms with E-state index in [1.165, 1.54) is 12.1 Å². The topological polar surface area (TPSA) is 29.5 Å². The Bertz CT molecular complexity index is 582. The second-order valence-electron chi connectivity index (χ2n) is 4.80. The minimum atomic E-state index is -1.03. The molecular weight excluding hydrogens is 279 g/mol. The van der Waals surface area contributed by atoms with Gasteiger partial charge in [0.1, 0.15) is 17.7 Å². The third kappa shape index (κ3) is 3.50. The highest BCUT2D eigenvalue weighted by atomic mass is 35.5. The summed E-state index contributed by atoms with van der Waals surface area (Å²) in [6.45, 7) is 3.87. The van der Waals surface area contributed by atoms with Crippen molar-refractivity contribution in [1.29, 1.82) is 0 Å². The zero-order valence-corrected chi connectivity index (χ0v) is 12.1. The van der Waals surface area contributed by atoms with Crippen molar-refractivity contribution in [2.75, 3.05) is 0 Å². The number of ether oxygens (including phenoxy) is 1. The van der Waals surface area contributed by atoms with Gasteiger partial charge >= 0.3 is 0 Å². The summed E-state index contributed by atoms with van der Waals surface area (Å²) in [5.74, 6) is 0.194. The van der Waals surface area contributed by atoms with E-state index in [9.17, 15) is 9.50 Å². The molecule has 2 rings (SSSR count). The maximum absolute atomic E-state index is 13.8. The molecule has 0 spiro atoms. The normalized spacial score (nSPS) is 12.5. The molecule has 0 aliphatic rings. The van der Waals surface area contributed by atoms with Gasteiger partial charge in [0.05, 0.1) is 6.10 Å². The van der Waals surface area contributed by atoms with Crippen molar-refractivity contribution < 1.29 is 14.2 Å². The summed E-state index contributed by atoms with van der Waals surface area (Å²) in [7, 11) is 0. The van der Waals surface area contributed by atoms with Crippen LogP contribution in [-0.2, 0) is 0 Å². The van der Waals surface area contributed by atoms with Gasteiger partial charge in [-0.2, -0.15) is 0 Å². The van der Waals surface area contributed by atoms with Crippen molar-refractivity contribution in [2.24, 2.45) is 0 Å². The number of aliphatic hydroxyl groups excluding tert-OH is 1. The molecule has 0 aliphatic heterocycles. The summed E-state index contributed by atoms with van der Waals surface area (Å²) in [6, 6.07) is 11.2. The number of halogens is 2. The lowest BCUT2D eigenvalue weighted by atomic mass is 10.0. The van der Waals surface area contributed by atoms with Crippen LogP contribution in [0.1, 0.15) is 31.1 Å². The first kappa shape index (κ1) is 14.8. The van der Waals surface area contributed by atoms with Gasteiger partial charge < -0.3 is 9.84 Å². The number of hydrogen-bond donors (Lipinski definition) is 1. The average molecular weight is 295 g/mol. The maximum Gasteiger partial charge on any atom is 0.130 e. The van der Waals surface area contributed by atoms with Crippen LogP contribution in [0.4, 0.5) is 4.39 Å². The molecule has 0 aromatic heterocycles. The molecule has 106 valence electrons. The minimum absolute atomic E-state index is 0.0829. The highest BCUT2D eigenvalue weighted by Crippen LogP contribution is 2.27. The van der Waals surface area contributed by atoms with Gasteiger partial charge in [0, 0.05) is 10.6 Å². The van der Waals surface area contributed by atoms with Gasteiger partial charge in [-0.1, -0.05) is 29.8 Å². The van der Waals surface area contributed by atoms with Crippen LogP contribution >= 0.6 is 11.6 Å². The Morgan fingerprint density at radius 2 is 1.75 bits per heavy atom. The second kappa shape index (κ2) is 6.25. The van der Waals surface area contributed by atoms with Gasteiger partial charge in [-0.25, -0.2) is 4.39 Å². The van der Waals surface area contributed by atoms with Crippen LogP contribution in [0.2, 0.25) is 5.02 Å². The van der Waals surface area contributed by atoms with E-state index in [4.69, 9.17) is 16.3 Å². The van der Waals surface area contributed by atoms with E-state index in [2.05, 4.69) is 0 Å². The molecule has 0 aliphatic carbocycles. The number of hydrogen-bond acceptors (Lipinski definition) is 2. The van der Waals surface area contributed by atoms with Crippen molar-refractivity contribution in [1.82, 2.24) is 0 Å². The van der Waals surface area contributed by atoms with Crippen LogP contribution in [0, 0.1) is 5.82 Å². The summed E-state index contributed by atoms with van der Waals surface area (Å²) in [5, 5.41) is 10.5. The van der Waals surface area contributed by atoms with E-state index in [-0.39, 0.29) is 11.7 Å². The monoisotopic (exact) mass is 294 g/mol. The molecule has 0 fully saturated rings. The maximum atomic E-state index is 13.8. The highest BCUT2D eigenvalue weighted by Gasteiger charge is 2.15. The number of aliphatic hydroxyl groups is 1. The molecule has 0 radical (unpaired) electrons. The van der Waals surface area contributed by atoms with Gasteiger partial charge in [-0.05, 0) is 43.7 Å². The molecule has 0 saturated carbocycles. The fraction of sp³-hybridized carbons (Fsp3) is 0.250. The molecule has 0 bridgehead atoms. The molecule has 1 unspecified atom stereocenters. The van der Waals surface area contributed by atoms with Gasteiger partial charge in [-0.3, -0.25) is 0 Å². The van der Waals surface area contributed by atoms with Crippen LogP contribution in [0.15, 0.2) is 42.5 Å². The zero-order valence-electron chi connectivity index (χ0n) is 11.3. The van der Waals surface area contributed by atoms with Crippen molar-refractivity contribution >= 4 is 11.6 Å². The fourth-order valence-corrected chi connectivity index (χ4v) is 2.06. The van der Waals surface area contributed by atoms with Crippen LogP contribution < -0.4 is 4.74 Å². The first-order valence-electron chi connectivity index (χ1n) is 6.37. The lowest BCUT2D eigenvalue weighted by Gasteiger charge is -2.14. The summed E-state index contributed by atoms with van der Waals surface area (Å²) in [4.78, 5) is 0. The molecule has 4 heteroatoms. The van der Waals surface area contributed by atoms with Gasteiger partial charge in [0.15, 0.2) is 0 Å². The molecule has 2 aromatic carbocycles. The van der Waals surface area contributed by atoms with E-state index in [0.29, 0.717) is 16.3 Å². The fourth-order valence-electron chi connectivity index (χ4n) is 1.90.